The van der Waals surface area contributed by atoms with Crippen molar-refractivity contribution in [3.63, 3.8) is 0 Å². The number of nitrogens with zero attached hydrogens (tertiary/aromatic N) is 2. The molecule has 1 fully saturated rings. The Balaban J connectivity index is 1.79. The van der Waals surface area contributed by atoms with Crippen LogP contribution in [0.15, 0.2) is 47.4 Å². The quantitative estimate of drug-likeness (QED) is 0.552. The van der Waals surface area contributed by atoms with E-state index in [2.05, 4.69) is 5.32 Å². The molecule has 10 heteroatoms. The number of carbonyl (C=O) groups excluding carboxylic acids is 1. The average Bonchev–Trinajstić information content (AvgIpc) is 2.73. The number of carbonyl (C=O) groups is 1. The molecule has 0 unspecified atom stereocenters. The van der Waals surface area contributed by atoms with Crippen LogP contribution in [0, 0.1) is 16.0 Å². The molecule has 30 heavy (non-hydrogen) atoms. The van der Waals surface area contributed by atoms with Gasteiger partial charge in [0.1, 0.15) is 5.75 Å². The van der Waals surface area contributed by atoms with E-state index >= 15 is 0 Å². The van der Waals surface area contributed by atoms with Gasteiger partial charge in [-0.1, -0.05) is 6.92 Å². The van der Waals surface area contributed by atoms with Crippen molar-refractivity contribution < 1.29 is 22.9 Å². The van der Waals surface area contributed by atoms with Crippen molar-refractivity contribution >= 4 is 27.3 Å². The van der Waals surface area contributed by atoms with Gasteiger partial charge in [0, 0.05) is 30.8 Å². The number of sulfonamides is 1. The summed E-state index contributed by atoms with van der Waals surface area (Å²) >= 11 is 0. The number of piperidine rings is 1. The standard InChI is InChI=1S/C20H23N3O6S/c1-14-4-3-11-22(13-14)30(27,28)17-8-5-15(6-9-17)20(24)21-18-12-16(23(25)26)7-10-19(18)29-2/h5-10,12,14H,3-4,11,13H2,1-2H3,(H,21,24)/t14-/m1/s1. The van der Waals surface area contributed by atoms with E-state index < -0.39 is 20.9 Å². The molecular formula is C20H23N3O6S. The number of hydrogen-bond acceptors (Lipinski definition) is 6. The molecule has 1 atom stereocenters. The summed E-state index contributed by atoms with van der Waals surface area (Å²) in [6.45, 7) is 3.00. The first-order valence-electron chi connectivity index (χ1n) is 9.46. The number of anilines is 1. The number of nitro groups is 1. The molecule has 1 heterocycles. The number of hydrogen-bond donors (Lipinski definition) is 1. The third-order valence-corrected chi connectivity index (χ3v) is 6.90. The fraction of sp³-hybridized carbons (Fsp3) is 0.350. The first-order chi connectivity index (χ1) is 14.2. The Morgan fingerprint density at radius 3 is 2.53 bits per heavy atom. The Hall–Kier alpha value is -2.98. The Kier molecular flexibility index (Phi) is 6.37. The number of nitro benzene ring substituents is 1. The lowest BCUT2D eigenvalue weighted by molar-refractivity contribution is -0.384. The SMILES string of the molecule is COc1ccc([N+](=O)[O-])cc1NC(=O)c1ccc(S(=O)(=O)N2CCC[C@@H](C)C2)cc1. The van der Waals surface area contributed by atoms with Crippen molar-refractivity contribution in [2.24, 2.45) is 5.92 Å². The largest absolute Gasteiger partial charge is 0.495 e. The van der Waals surface area contributed by atoms with E-state index in [0.717, 1.165) is 12.8 Å². The molecule has 3 rings (SSSR count). The van der Waals surface area contributed by atoms with Gasteiger partial charge in [0.15, 0.2) is 0 Å². The van der Waals surface area contributed by atoms with Crippen LogP contribution in [-0.4, -0.2) is 43.8 Å². The minimum atomic E-state index is -3.62. The topological polar surface area (TPSA) is 119 Å². The van der Waals surface area contributed by atoms with Gasteiger partial charge < -0.3 is 10.1 Å². The number of nitrogens with one attached hydrogen (secondary N) is 1. The molecule has 1 aliphatic rings. The van der Waals surface area contributed by atoms with Crippen LogP contribution in [0.1, 0.15) is 30.1 Å². The number of benzene rings is 2. The lowest BCUT2D eigenvalue weighted by Gasteiger charge is -2.30. The summed E-state index contributed by atoms with van der Waals surface area (Å²) in [5.74, 6) is 0.0418. The summed E-state index contributed by atoms with van der Waals surface area (Å²) in [5.41, 5.74) is 0.175. The summed E-state index contributed by atoms with van der Waals surface area (Å²) in [5, 5.41) is 13.6. The minimum Gasteiger partial charge on any atom is -0.495 e. The maximum atomic E-state index is 12.8. The van der Waals surface area contributed by atoms with E-state index in [1.807, 2.05) is 6.92 Å². The molecule has 1 N–H and O–H groups in total. The van der Waals surface area contributed by atoms with Crippen molar-refractivity contribution in [1.82, 2.24) is 4.31 Å². The third kappa shape index (κ3) is 4.60. The van der Waals surface area contributed by atoms with Gasteiger partial charge in [-0.3, -0.25) is 14.9 Å². The van der Waals surface area contributed by atoms with Gasteiger partial charge in [0.2, 0.25) is 10.0 Å². The van der Waals surface area contributed by atoms with Crippen LogP contribution in [0.2, 0.25) is 0 Å². The summed E-state index contributed by atoms with van der Waals surface area (Å²) in [6.07, 6.45) is 1.83. The molecule has 0 aromatic heterocycles. The van der Waals surface area contributed by atoms with E-state index in [1.165, 1.54) is 53.9 Å². The molecule has 0 saturated carbocycles. The molecule has 0 aliphatic carbocycles. The summed E-state index contributed by atoms with van der Waals surface area (Å²) in [4.78, 5) is 23.1. The second kappa shape index (κ2) is 8.80. The predicted molar refractivity (Wildman–Crippen MR) is 111 cm³/mol. The fourth-order valence-electron chi connectivity index (χ4n) is 3.39. The van der Waals surface area contributed by atoms with Gasteiger partial charge in [0.25, 0.3) is 11.6 Å². The molecule has 0 bridgehead atoms. The van der Waals surface area contributed by atoms with Crippen LogP contribution in [0.4, 0.5) is 11.4 Å². The van der Waals surface area contributed by atoms with Crippen molar-refractivity contribution in [2.75, 3.05) is 25.5 Å². The molecule has 0 radical (unpaired) electrons. The second-order valence-electron chi connectivity index (χ2n) is 7.23. The predicted octanol–water partition coefficient (Wildman–Crippen LogP) is 3.28. The van der Waals surface area contributed by atoms with Gasteiger partial charge in [-0.05, 0) is 49.1 Å². The molecule has 2 aromatic rings. The number of amides is 1. The minimum absolute atomic E-state index is 0.126. The van der Waals surface area contributed by atoms with Gasteiger partial charge in [0.05, 0.1) is 22.6 Å². The average molecular weight is 433 g/mol. The number of methoxy groups -OCH3 is 1. The van der Waals surface area contributed by atoms with Crippen LogP contribution in [0.5, 0.6) is 5.75 Å². The fourth-order valence-corrected chi connectivity index (χ4v) is 4.99. The Morgan fingerprint density at radius 2 is 1.93 bits per heavy atom. The highest BCUT2D eigenvalue weighted by atomic mass is 32.2. The number of non-ortho nitro benzene ring substituents is 1. The highest BCUT2D eigenvalue weighted by molar-refractivity contribution is 7.89. The lowest BCUT2D eigenvalue weighted by atomic mass is 10.0. The molecule has 9 nitrogen and oxygen atoms in total. The highest BCUT2D eigenvalue weighted by Gasteiger charge is 2.28. The molecule has 160 valence electrons. The maximum Gasteiger partial charge on any atom is 0.271 e. The molecule has 1 aliphatic heterocycles. The molecule has 1 amide bonds. The van der Waals surface area contributed by atoms with Crippen LogP contribution >= 0.6 is 0 Å². The van der Waals surface area contributed by atoms with Crippen molar-refractivity contribution in [3.05, 3.63) is 58.1 Å². The molecule has 0 spiro atoms. The van der Waals surface area contributed by atoms with Gasteiger partial charge in [-0.15, -0.1) is 0 Å². The van der Waals surface area contributed by atoms with Crippen molar-refractivity contribution in [2.45, 2.75) is 24.7 Å². The van der Waals surface area contributed by atoms with E-state index in [0.29, 0.717) is 19.0 Å². The Morgan fingerprint density at radius 1 is 1.23 bits per heavy atom. The van der Waals surface area contributed by atoms with Gasteiger partial charge >= 0.3 is 0 Å². The second-order valence-corrected chi connectivity index (χ2v) is 9.17. The number of rotatable bonds is 6. The number of ether oxygens (including phenoxy) is 1. The highest BCUT2D eigenvalue weighted by Crippen LogP contribution is 2.29. The summed E-state index contributed by atoms with van der Waals surface area (Å²) in [7, 11) is -2.23. The lowest BCUT2D eigenvalue weighted by Crippen LogP contribution is -2.39. The molecule has 1 saturated heterocycles. The van der Waals surface area contributed by atoms with Crippen LogP contribution in [0.25, 0.3) is 0 Å². The van der Waals surface area contributed by atoms with Crippen LogP contribution in [-0.2, 0) is 10.0 Å². The first-order valence-corrected chi connectivity index (χ1v) is 10.9. The Bertz CT molecular complexity index is 1050. The Labute approximate surface area is 174 Å². The molecule has 2 aromatic carbocycles. The smallest absolute Gasteiger partial charge is 0.271 e. The van der Waals surface area contributed by atoms with Crippen LogP contribution in [0.3, 0.4) is 0 Å². The monoisotopic (exact) mass is 433 g/mol. The van der Waals surface area contributed by atoms with Crippen LogP contribution < -0.4 is 10.1 Å². The van der Waals surface area contributed by atoms with E-state index in [9.17, 15) is 23.3 Å². The van der Waals surface area contributed by atoms with Crippen molar-refractivity contribution in [1.29, 1.82) is 0 Å². The van der Waals surface area contributed by atoms with Crippen molar-refractivity contribution in [3.8, 4) is 5.75 Å². The molecular weight excluding hydrogens is 410 g/mol. The summed E-state index contributed by atoms with van der Waals surface area (Å²) < 4.78 is 32.3. The zero-order valence-electron chi connectivity index (χ0n) is 16.7. The summed E-state index contributed by atoms with van der Waals surface area (Å²) in [6, 6.07) is 9.49. The van der Waals surface area contributed by atoms with Gasteiger partial charge in [-0.25, -0.2) is 8.42 Å². The van der Waals surface area contributed by atoms with E-state index in [4.69, 9.17) is 4.74 Å². The maximum absolute atomic E-state index is 12.8. The zero-order valence-corrected chi connectivity index (χ0v) is 17.5. The zero-order chi connectivity index (χ0) is 21.9. The first kappa shape index (κ1) is 21.7. The van der Waals surface area contributed by atoms with E-state index in [-0.39, 0.29) is 27.6 Å². The van der Waals surface area contributed by atoms with E-state index in [1.54, 1.807) is 0 Å². The third-order valence-electron chi connectivity index (χ3n) is 5.02. The normalized spacial score (nSPS) is 17.3. The van der Waals surface area contributed by atoms with Gasteiger partial charge in [-0.2, -0.15) is 4.31 Å².